The molecule has 3 nitrogen and oxygen atoms in total. The number of anilines is 1. The van der Waals surface area contributed by atoms with Crippen molar-refractivity contribution in [3.05, 3.63) is 29.8 Å². The molecule has 2 fully saturated rings. The summed E-state index contributed by atoms with van der Waals surface area (Å²) in [6.45, 7) is 1.95. The number of benzene rings is 1. The van der Waals surface area contributed by atoms with E-state index in [1.54, 1.807) is 0 Å². The maximum atomic E-state index is 12.8. The summed E-state index contributed by atoms with van der Waals surface area (Å²) in [6.07, 6.45) is 5.48. The molecule has 0 atom stereocenters. The van der Waals surface area contributed by atoms with Gasteiger partial charge >= 0.3 is 0 Å². The van der Waals surface area contributed by atoms with Gasteiger partial charge in [-0.2, -0.15) is 0 Å². The van der Waals surface area contributed by atoms with Gasteiger partial charge < -0.3 is 0 Å². The summed E-state index contributed by atoms with van der Waals surface area (Å²) in [7, 11) is 0. The van der Waals surface area contributed by atoms with E-state index in [0.29, 0.717) is 6.42 Å². The van der Waals surface area contributed by atoms with E-state index >= 15 is 0 Å². The summed E-state index contributed by atoms with van der Waals surface area (Å²) < 4.78 is 0. The quantitative estimate of drug-likeness (QED) is 0.724. The minimum Gasteiger partial charge on any atom is -0.274 e. The first-order valence-corrected chi connectivity index (χ1v) is 7.07. The first-order valence-electron chi connectivity index (χ1n) is 7.07. The first kappa shape index (κ1) is 12.4. The van der Waals surface area contributed by atoms with Gasteiger partial charge in [0.1, 0.15) is 0 Å². The van der Waals surface area contributed by atoms with Gasteiger partial charge in [-0.05, 0) is 31.4 Å². The summed E-state index contributed by atoms with van der Waals surface area (Å²) in [5.41, 5.74) is 1.36. The first-order chi connectivity index (χ1) is 9.14. The molecule has 1 saturated heterocycles. The van der Waals surface area contributed by atoms with Gasteiger partial charge in [0.15, 0.2) is 0 Å². The van der Waals surface area contributed by atoms with Crippen LogP contribution < -0.4 is 4.90 Å². The highest BCUT2D eigenvalue weighted by Crippen LogP contribution is 2.46. The summed E-state index contributed by atoms with van der Waals surface area (Å²) in [5, 5.41) is 0. The van der Waals surface area contributed by atoms with E-state index in [2.05, 4.69) is 0 Å². The zero-order valence-electron chi connectivity index (χ0n) is 11.3. The fraction of sp³-hybridized carbons (Fsp3) is 0.500. The van der Waals surface area contributed by atoms with Gasteiger partial charge in [-0.15, -0.1) is 0 Å². The normalized spacial score (nSPS) is 22.3. The Balaban J connectivity index is 1.98. The second-order valence-corrected chi connectivity index (χ2v) is 5.84. The fourth-order valence-corrected chi connectivity index (χ4v) is 3.47. The smallest absolute Gasteiger partial charge is 0.240 e. The molecule has 19 heavy (non-hydrogen) atoms. The molecule has 0 radical (unpaired) electrons. The van der Waals surface area contributed by atoms with Crippen molar-refractivity contribution in [3.8, 4) is 0 Å². The van der Waals surface area contributed by atoms with Crippen LogP contribution in [0.5, 0.6) is 0 Å². The number of carbonyl (C=O) groups is 2. The Morgan fingerprint density at radius 3 is 2.42 bits per heavy atom. The topological polar surface area (TPSA) is 37.4 Å². The maximum Gasteiger partial charge on any atom is 0.240 e. The third-order valence-corrected chi connectivity index (χ3v) is 4.56. The number of hydrogen-bond acceptors (Lipinski definition) is 2. The van der Waals surface area contributed by atoms with Crippen molar-refractivity contribution in [1.82, 2.24) is 0 Å². The molecule has 1 spiro atoms. The number of aryl methyl sites for hydroxylation is 1. The number of para-hydroxylation sites is 1. The Kier molecular flexibility index (Phi) is 2.92. The highest BCUT2D eigenvalue weighted by molar-refractivity contribution is 6.22. The SMILES string of the molecule is Cc1ccccc1N1C(=O)CC2(CCCCC2)C1=O. The van der Waals surface area contributed by atoms with Crippen molar-refractivity contribution in [2.24, 2.45) is 5.41 Å². The molecule has 3 rings (SSSR count). The van der Waals surface area contributed by atoms with Gasteiger partial charge in [0.2, 0.25) is 11.8 Å². The monoisotopic (exact) mass is 257 g/mol. The average molecular weight is 257 g/mol. The molecule has 3 heteroatoms. The van der Waals surface area contributed by atoms with Crippen molar-refractivity contribution in [2.45, 2.75) is 45.4 Å². The van der Waals surface area contributed by atoms with E-state index in [1.807, 2.05) is 31.2 Å². The fourth-order valence-electron chi connectivity index (χ4n) is 3.47. The van der Waals surface area contributed by atoms with Gasteiger partial charge in [0, 0.05) is 6.42 Å². The number of carbonyl (C=O) groups excluding carboxylic acids is 2. The molecule has 0 unspecified atom stereocenters. The highest BCUT2D eigenvalue weighted by Gasteiger charge is 2.52. The summed E-state index contributed by atoms with van der Waals surface area (Å²) >= 11 is 0. The maximum absolute atomic E-state index is 12.8. The Morgan fingerprint density at radius 2 is 1.74 bits per heavy atom. The van der Waals surface area contributed by atoms with Gasteiger partial charge in [0.25, 0.3) is 0 Å². The lowest BCUT2D eigenvalue weighted by Crippen LogP contribution is -2.37. The number of imide groups is 1. The van der Waals surface area contributed by atoms with Gasteiger partial charge in [0.05, 0.1) is 11.1 Å². The zero-order valence-corrected chi connectivity index (χ0v) is 11.3. The summed E-state index contributed by atoms with van der Waals surface area (Å²) in [6, 6.07) is 7.63. The molecule has 0 aromatic heterocycles. The predicted octanol–water partition coefficient (Wildman–Crippen LogP) is 3.21. The van der Waals surface area contributed by atoms with Crippen LogP contribution in [0, 0.1) is 12.3 Å². The second-order valence-electron chi connectivity index (χ2n) is 5.84. The molecule has 1 heterocycles. The van der Waals surface area contributed by atoms with Crippen LogP contribution >= 0.6 is 0 Å². The Labute approximate surface area is 113 Å². The van der Waals surface area contributed by atoms with E-state index in [9.17, 15) is 9.59 Å². The molecular formula is C16H19NO2. The van der Waals surface area contributed by atoms with Crippen molar-refractivity contribution in [1.29, 1.82) is 0 Å². The molecule has 1 saturated carbocycles. The Bertz CT molecular complexity index is 529. The van der Waals surface area contributed by atoms with Crippen molar-refractivity contribution in [2.75, 3.05) is 4.90 Å². The van der Waals surface area contributed by atoms with Crippen LogP contribution in [0.2, 0.25) is 0 Å². The van der Waals surface area contributed by atoms with E-state index in [1.165, 1.54) is 11.3 Å². The third kappa shape index (κ3) is 1.88. The average Bonchev–Trinajstić information content (AvgIpc) is 2.63. The molecule has 2 amide bonds. The van der Waals surface area contributed by atoms with E-state index in [4.69, 9.17) is 0 Å². The molecule has 0 bridgehead atoms. The van der Waals surface area contributed by atoms with Crippen LogP contribution in [0.25, 0.3) is 0 Å². The van der Waals surface area contributed by atoms with Crippen LogP contribution in [0.4, 0.5) is 5.69 Å². The molecule has 1 aliphatic heterocycles. The van der Waals surface area contributed by atoms with Crippen molar-refractivity contribution >= 4 is 17.5 Å². The third-order valence-electron chi connectivity index (χ3n) is 4.56. The highest BCUT2D eigenvalue weighted by atomic mass is 16.2. The minimum absolute atomic E-state index is 0.0267. The molecule has 0 N–H and O–H groups in total. The van der Waals surface area contributed by atoms with E-state index < -0.39 is 5.41 Å². The number of nitrogens with zero attached hydrogens (tertiary/aromatic N) is 1. The standard InChI is InChI=1S/C16H19NO2/c1-12-7-3-4-8-13(12)17-14(18)11-16(15(17)19)9-5-2-6-10-16/h3-4,7-8H,2,5-6,9-11H2,1H3. The molecule has 1 aromatic rings. The van der Waals surface area contributed by atoms with E-state index in [-0.39, 0.29) is 11.8 Å². The zero-order chi connectivity index (χ0) is 13.5. The van der Waals surface area contributed by atoms with Crippen molar-refractivity contribution < 1.29 is 9.59 Å². The lowest BCUT2D eigenvalue weighted by atomic mass is 9.73. The molecule has 1 aliphatic carbocycles. The Hall–Kier alpha value is -1.64. The van der Waals surface area contributed by atoms with Crippen LogP contribution in [-0.4, -0.2) is 11.8 Å². The van der Waals surface area contributed by atoms with Crippen LogP contribution in [-0.2, 0) is 9.59 Å². The molecule has 2 aliphatic rings. The van der Waals surface area contributed by atoms with Gasteiger partial charge in [-0.3, -0.25) is 9.59 Å². The lowest BCUT2D eigenvalue weighted by molar-refractivity contribution is -0.127. The van der Waals surface area contributed by atoms with Crippen LogP contribution in [0.15, 0.2) is 24.3 Å². The number of rotatable bonds is 1. The number of amides is 2. The molecule has 100 valence electrons. The summed E-state index contributed by atoms with van der Waals surface area (Å²) in [5.74, 6) is 0.00713. The minimum atomic E-state index is -0.391. The van der Waals surface area contributed by atoms with E-state index in [0.717, 1.165) is 36.9 Å². The molecule has 1 aromatic carbocycles. The largest absolute Gasteiger partial charge is 0.274 e. The van der Waals surface area contributed by atoms with Crippen molar-refractivity contribution in [3.63, 3.8) is 0 Å². The Morgan fingerprint density at radius 1 is 1.05 bits per heavy atom. The lowest BCUT2D eigenvalue weighted by Gasteiger charge is -2.30. The van der Waals surface area contributed by atoms with Crippen LogP contribution in [0.1, 0.15) is 44.1 Å². The molecular weight excluding hydrogens is 238 g/mol. The number of hydrogen-bond donors (Lipinski definition) is 0. The van der Waals surface area contributed by atoms with Gasteiger partial charge in [-0.1, -0.05) is 37.5 Å². The van der Waals surface area contributed by atoms with Gasteiger partial charge in [-0.25, -0.2) is 4.90 Å². The summed E-state index contributed by atoms with van der Waals surface area (Å²) in [4.78, 5) is 26.5. The second kappa shape index (κ2) is 4.48. The predicted molar refractivity (Wildman–Crippen MR) is 73.8 cm³/mol. The van der Waals surface area contributed by atoms with Crippen LogP contribution in [0.3, 0.4) is 0 Å².